The first-order valence-electron chi connectivity index (χ1n) is 6.76. The molecule has 0 bridgehead atoms. The van der Waals surface area contributed by atoms with E-state index in [1.807, 2.05) is 25.5 Å². The largest absolute Gasteiger partial charge is 0.337 e. The first-order chi connectivity index (χ1) is 9.75. The molecular formula is C14H18ClN5. The van der Waals surface area contributed by atoms with E-state index in [0.717, 1.165) is 42.6 Å². The van der Waals surface area contributed by atoms with E-state index in [0.29, 0.717) is 0 Å². The van der Waals surface area contributed by atoms with Crippen LogP contribution in [0, 0.1) is 0 Å². The lowest BCUT2D eigenvalue weighted by Crippen LogP contribution is -2.46. The van der Waals surface area contributed by atoms with Crippen LogP contribution >= 0.6 is 11.6 Å². The summed E-state index contributed by atoms with van der Waals surface area (Å²) in [5, 5.41) is 4.17. The fraction of sp³-hybridized carbons (Fsp3) is 0.429. The molecule has 0 spiro atoms. The summed E-state index contributed by atoms with van der Waals surface area (Å²) in [5.41, 5.74) is 1.11. The minimum absolute atomic E-state index is 0.271. The number of aryl methyl sites for hydroxylation is 1. The highest BCUT2D eigenvalue weighted by atomic mass is 35.5. The molecule has 106 valence electrons. The Bertz CT molecular complexity index is 582. The maximum Gasteiger partial charge on any atom is 0.127 e. The summed E-state index contributed by atoms with van der Waals surface area (Å²) in [6.45, 7) is 3.70. The fourth-order valence-corrected chi connectivity index (χ4v) is 2.82. The van der Waals surface area contributed by atoms with E-state index in [1.165, 1.54) is 0 Å². The summed E-state index contributed by atoms with van der Waals surface area (Å²) < 4.78 is 2.08. The van der Waals surface area contributed by atoms with Crippen LogP contribution < -0.4 is 5.32 Å². The number of piperazine rings is 1. The van der Waals surface area contributed by atoms with Gasteiger partial charge in [0.05, 0.1) is 11.1 Å². The summed E-state index contributed by atoms with van der Waals surface area (Å²) in [4.78, 5) is 10.9. The van der Waals surface area contributed by atoms with Crippen LogP contribution in [-0.4, -0.2) is 39.1 Å². The van der Waals surface area contributed by atoms with Gasteiger partial charge in [0, 0.05) is 58.0 Å². The molecule has 3 heterocycles. The summed E-state index contributed by atoms with van der Waals surface area (Å²) in [5.74, 6) is 1.09. The molecule has 1 atom stereocenters. The zero-order valence-electron chi connectivity index (χ0n) is 11.5. The number of nitrogens with one attached hydrogen (secondary N) is 1. The topological polar surface area (TPSA) is 46.0 Å². The highest BCUT2D eigenvalue weighted by molar-refractivity contribution is 6.31. The van der Waals surface area contributed by atoms with Gasteiger partial charge in [0.25, 0.3) is 0 Å². The average Bonchev–Trinajstić information content (AvgIpc) is 2.88. The SMILES string of the molecule is Cn1ccnc1C1CNCCN1Cc1ccncc1Cl. The smallest absolute Gasteiger partial charge is 0.127 e. The van der Waals surface area contributed by atoms with Crippen LogP contribution in [-0.2, 0) is 13.6 Å². The van der Waals surface area contributed by atoms with E-state index in [2.05, 4.69) is 24.8 Å². The molecule has 0 aliphatic carbocycles. The normalized spacial score (nSPS) is 20.2. The molecule has 0 amide bonds. The van der Waals surface area contributed by atoms with Gasteiger partial charge < -0.3 is 9.88 Å². The van der Waals surface area contributed by atoms with Gasteiger partial charge >= 0.3 is 0 Å². The minimum atomic E-state index is 0.271. The van der Waals surface area contributed by atoms with Crippen LogP contribution in [0.25, 0.3) is 0 Å². The molecule has 5 nitrogen and oxygen atoms in total. The van der Waals surface area contributed by atoms with Crippen molar-refractivity contribution in [2.75, 3.05) is 19.6 Å². The van der Waals surface area contributed by atoms with Gasteiger partial charge in [-0.25, -0.2) is 4.98 Å². The molecule has 0 aromatic carbocycles. The Labute approximate surface area is 123 Å². The Hall–Kier alpha value is -1.43. The molecule has 1 aliphatic heterocycles. The van der Waals surface area contributed by atoms with Crippen molar-refractivity contribution in [3.8, 4) is 0 Å². The van der Waals surface area contributed by atoms with Crippen LogP contribution in [0.4, 0.5) is 0 Å². The zero-order valence-corrected chi connectivity index (χ0v) is 12.2. The standard InChI is InChI=1S/C14H18ClN5/c1-19-6-5-18-14(19)13-9-17-4-7-20(13)10-11-2-3-16-8-12(11)15/h2-3,5-6,8,13,17H,4,7,9-10H2,1H3. The number of nitrogens with zero attached hydrogens (tertiary/aromatic N) is 4. The van der Waals surface area contributed by atoms with Gasteiger partial charge in [-0.05, 0) is 11.6 Å². The van der Waals surface area contributed by atoms with Gasteiger partial charge in [0.15, 0.2) is 0 Å². The molecule has 1 fully saturated rings. The third-order valence-electron chi connectivity index (χ3n) is 3.74. The van der Waals surface area contributed by atoms with Crippen molar-refractivity contribution in [3.05, 3.63) is 47.3 Å². The van der Waals surface area contributed by atoms with Crippen LogP contribution in [0.3, 0.4) is 0 Å². The number of pyridine rings is 1. The number of rotatable bonds is 3. The Morgan fingerprint density at radius 3 is 3.10 bits per heavy atom. The van der Waals surface area contributed by atoms with E-state index >= 15 is 0 Å². The van der Waals surface area contributed by atoms with Crippen molar-refractivity contribution in [2.45, 2.75) is 12.6 Å². The molecule has 3 rings (SSSR count). The molecule has 1 N–H and O–H groups in total. The predicted molar refractivity (Wildman–Crippen MR) is 78.5 cm³/mol. The summed E-state index contributed by atoms with van der Waals surface area (Å²) in [6, 6.07) is 2.26. The monoisotopic (exact) mass is 291 g/mol. The van der Waals surface area contributed by atoms with Crippen molar-refractivity contribution >= 4 is 11.6 Å². The average molecular weight is 292 g/mol. The number of hydrogen-bond donors (Lipinski definition) is 1. The fourth-order valence-electron chi connectivity index (χ4n) is 2.64. The lowest BCUT2D eigenvalue weighted by Gasteiger charge is -2.35. The molecule has 6 heteroatoms. The minimum Gasteiger partial charge on any atom is -0.337 e. The summed E-state index contributed by atoms with van der Waals surface area (Å²) in [6.07, 6.45) is 7.33. The van der Waals surface area contributed by atoms with Crippen LogP contribution in [0.5, 0.6) is 0 Å². The molecule has 1 saturated heterocycles. The van der Waals surface area contributed by atoms with Gasteiger partial charge in [-0.3, -0.25) is 9.88 Å². The third kappa shape index (κ3) is 2.70. The Kier molecular flexibility index (Phi) is 4.00. The van der Waals surface area contributed by atoms with Crippen molar-refractivity contribution in [1.29, 1.82) is 0 Å². The molecule has 0 radical (unpaired) electrons. The van der Waals surface area contributed by atoms with Crippen LogP contribution in [0.2, 0.25) is 5.02 Å². The van der Waals surface area contributed by atoms with E-state index in [-0.39, 0.29) is 6.04 Å². The highest BCUT2D eigenvalue weighted by Gasteiger charge is 2.27. The lowest BCUT2D eigenvalue weighted by atomic mass is 10.1. The summed E-state index contributed by atoms with van der Waals surface area (Å²) in [7, 11) is 2.04. The van der Waals surface area contributed by atoms with E-state index in [4.69, 9.17) is 11.6 Å². The molecule has 1 unspecified atom stereocenters. The van der Waals surface area contributed by atoms with Crippen molar-refractivity contribution in [1.82, 2.24) is 24.8 Å². The number of halogens is 1. The highest BCUT2D eigenvalue weighted by Crippen LogP contribution is 2.24. The maximum atomic E-state index is 6.22. The van der Waals surface area contributed by atoms with Crippen LogP contribution in [0.1, 0.15) is 17.4 Å². The van der Waals surface area contributed by atoms with Gasteiger partial charge in [-0.2, -0.15) is 0 Å². The van der Waals surface area contributed by atoms with E-state index in [9.17, 15) is 0 Å². The number of imidazole rings is 1. The Morgan fingerprint density at radius 1 is 1.45 bits per heavy atom. The van der Waals surface area contributed by atoms with Crippen LogP contribution in [0.15, 0.2) is 30.9 Å². The second-order valence-corrected chi connectivity index (χ2v) is 5.46. The van der Waals surface area contributed by atoms with Gasteiger partial charge in [0.1, 0.15) is 5.82 Å². The van der Waals surface area contributed by atoms with Gasteiger partial charge in [-0.1, -0.05) is 11.6 Å². The zero-order chi connectivity index (χ0) is 13.9. The van der Waals surface area contributed by atoms with Gasteiger partial charge in [-0.15, -0.1) is 0 Å². The maximum absolute atomic E-state index is 6.22. The molecule has 0 saturated carbocycles. The molecular weight excluding hydrogens is 274 g/mol. The molecule has 20 heavy (non-hydrogen) atoms. The third-order valence-corrected chi connectivity index (χ3v) is 4.08. The first-order valence-corrected chi connectivity index (χ1v) is 7.14. The molecule has 1 aliphatic rings. The second kappa shape index (κ2) is 5.91. The Balaban J connectivity index is 1.83. The Morgan fingerprint density at radius 2 is 2.35 bits per heavy atom. The molecule has 2 aromatic rings. The quantitative estimate of drug-likeness (QED) is 0.933. The van der Waals surface area contributed by atoms with Gasteiger partial charge in [0.2, 0.25) is 0 Å². The van der Waals surface area contributed by atoms with Crippen molar-refractivity contribution in [2.24, 2.45) is 7.05 Å². The lowest BCUT2D eigenvalue weighted by molar-refractivity contribution is 0.145. The summed E-state index contributed by atoms with van der Waals surface area (Å²) >= 11 is 6.22. The predicted octanol–water partition coefficient (Wildman–Crippen LogP) is 1.61. The van der Waals surface area contributed by atoms with Crippen molar-refractivity contribution < 1.29 is 0 Å². The van der Waals surface area contributed by atoms with Crippen molar-refractivity contribution in [3.63, 3.8) is 0 Å². The first kappa shape index (κ1) is 13.5. The number of hydrogen-bond acceptors (Lipinski definition) is 4. The molecule has 2 aromatic heterocycles. The second-order valence-electron chi connectivity index (χ2n) is 5.05. The van der Waals surface area contributed by atoms with E-state index in [1.54, 1.807) is 12.4 Å². The van der Waals surface area contributed by atoms with E-state index < -0.39 is 0 Å². The number of aromatic nitrogens is 3.